The molecule has 1 amide bonds. The number of rotatable bonds is 7. The topological polar surface area (TPSA) is 93.4 Å². The molecule has 106 valence electrons. The zero-order valence-electron chi connectivity index (χ0n) is 11.6. The van der Waals surface area contributed by atoms with Crippen molar-refractivity contribution in [1.82, 2.24) is 14.9 Å². The number of hydrogen-bond acceptors (Lipinski definition) is 6. The van der Waals surface area contributed by atoms with Crippen molar-refractivity contribution in [3.63, 3.8) is 0 Å². The SMILES string of the molecule is CCOCc1nc(N)cc(NCC(=O)N(C)CC)n1. The number of carbonyl (C=O) groups is 1. The van der Waals surface area contributed by atoms with E-state index < -0.39 is 0 Å². The Labute approximate surface area is 113 Å². The molecule has 1 heterocycles. The van der Waals surface area contributed by atoms with E-state index in [1.54, 1.807) is 18.0 Å². The van der Waals surface area contributed by atoms with Gasteiger partial charge in [0.2, 0.25) is 5.91 Å². The van der Waals surface area contributed by atoms with Gasteiger partial charge in [0.15, 0.2) is 5.82 Å². The molecular weight excluding hydrogens is 246 g/mol. The fourth-order valence-corrected chi connectivity index (χ4v) is 1.34. The number of nitrogens with one attached hydrogen (secondary N) is 1. The van der Waals surface area contributed by atoms with Gasteiger partial charge < -0.3 is 20.7 Å². The number of anilines is 2. The highest BCUT2D eigenvalue weighted by Gasteiger charge is 2.08. The standard InChI is InChI=1S/C12H21N5O2/c1-4-17(3)12(18)7-14-10-6-9(13)15-11(16-10)8-19-5-2/h6H,4-5,7-8H2,1-3H3,(H3,13,14,15,16). The van der Waals surface area contributed by atoms with E-state index in [0.29, 0.717) is 37.2 Å². The molecule has 0 aliphatic rings. The first kappa shape index (κ1) is 15.2. The van der Waals surface area contributed by atoms with Gasteiger partial charge in [0.25, 0.3) is 0 Å². The molecule has 0 aliphatic carbocycles. The van der Waals surface area contributed by atoms with Crippen molar-refractivity contribution in [3.05, 3.63) is 11.9 Å². The minimum atomic E-state index is -0.00829. The van der Waals surface area contributed by atoms with Gasteiger partial charge in [0.05, 0.1) is 6.54 Å². The Bertz CT molecular complexity index is 425. The van der Waals surface area contributed by atoms with Gasteiger partial charge in [-0.1, -0.05) is 0 Å². The highest BCUT2D eigenvalue weighted by molar-refractivity contribution is 5.80. The molecule has 0 radical (unpaired) electrons. The molecule has 19 heavy (non-hydrogen) atoms. The average Bonchev–Trinajstić information content (AvgIpc) is 2.41. The summed E-state index contributed by atoms with van der Waals surface area (Å²) in [6.07, 6.45) is 0. The van der Waals surface area contributed by atoms with Crippen LogP contribution in [0.25, 0.3) is 0 Å². The Balaban J connectivity index is 2.62. The van der Waals surface area contributed by atoms with E-state index in [2.05, 4.69) is 15.3 Å². The van der Waals surface area contributed by atoms with Crippen molar-refractivity contribution in [1.29, 1.82) is 0 Å². The number of nitrogen functional groups attached to an aromatic ring is 1. The van der Waals surface area contributed by atoms with E-state index in [-0.39, 0.29) is 12.5 Å². The number of nitrogens with zero attached hydrogens (tertiary/aromatic N) is 3. The summed E-state index contributed by atoms with van der Waals surface area (Å²) < 4.78 is 5.23. The second kappa shape index (κ2) is 7.52. The summed E-state index contributed by atoms with van der Waals surface area (Å²) in [7, 11) is 1.75. The van der Waals surface area contributed by atoms with E-state index in [1.807, 2.05) is 13.8 Å². The van der Waals surface area contributed by atoms with Crippen molar-refractivity contribution >= 4 is 17.5 Å². The van der Waals surface area contributed by atoms with Crippen LogP contribution in [0.5, 0.6) is 0 Å². The van der Waals surface area contributed by atoms with E-state index in [0.717, 1.165) is 0 Å². The molecule has 0 unspecified atom stereocenters. The predicted molar refractivity (Wildman–Crippen MR) is 73.6 cm³/mol. The molecule has 0 saturated carbocycles. The number of hydrogen-bond donors (Lipinski definition) is 2. The first-order chi connectivity index (χ1) is 9.06. The van der Waals surface area contributed by atoms with Crippen LogP contribution in [0, 0.1) is 0 Å². The summed E-state index contributed by atoms with van der Waals surface area (Å²) in [4.78, 5) is 21.6. The fourth-order valence-electron chi connectivity index (χ4n) is 1.34. The van der Waals surface area contributed by atoms with Gasteiger partial charge in [-0.25, -0.2) is 9.97 Å². The summed E-state index contributed by atoms with van der Waals surface area (Å²) in [6, 6.07) is 1.59. The van der Waals surface area contributed by atoms with Crippen LogP contribution < -0.4 is 11.1 Å². The average molecular weight is 267 g/mol. The van der Waals surface area contributed by atoms with Crippen LogP contribution in [-0.2, 0) is 16.1 Å². The molecule has 1 aromatic rings. The molecule has 3 N–H and O–H groups in total. The Morgan fingerprint density at radius 2 is 2.21 bits per heavy atom. The molecule has 1 rings (SSSR count). The minimum absolute atomic E-state index is 0.00829. The molecule has 0 aliphatic heterocycles. The maximum atomic E-state index is 11.7. The van der Waals surface area contributed by atoms with Crippen LogP contribution >= 0.6 is 0 Å². The molecule has 0 saturated heterocycles. The Hall–Kier alpha value is -1.89. The lowest BCUT2D eigenvalue weighted by atomic mass is 10.4. The highest BCUT2D eigenvalue weighted by Crippen LogP contribution is 2.09. The number of likely N-dealkylation sites (N-methyl/N-ethyl adjacent to an activating group) is 1. The van der Waals surface area contributed by atoms with Gasteiger partial charge in [-0.3, -0.25) is 4.79 Å². The van der Waals surface area contributed by atoms with Crippen LogP contribution in [0.15, 0.2) is 6.07 Å². The summed E-state index contributed by atoms with van der Waals surface area (Å²) in [6.45, 7) is 5.54. The third-order valence-corrected chi connectivity index (χ3v) is 2.55. The van der Waals surface area contributed by atoms with Crippen molar-refractivity contribution in [2.45, 2.75) is 20.5 Å². The Morgan fingerprint density at radius 1 is 1.47 bits per heavy atom. The number of ether oxygens (including phenoxy) is 1. The molecule has 0 fully saturated rings. The number of carbonyl (C=O) groups excluding carboxylic acids is 1. The van der Waals surface area contributed by atoms with Crippen molar-refractivity contribution in [3.8, 4) is 0 Å². The number of nitrogens with two attached hydrogens (primary N) is 1. The maximum Gasteiger partial charge on any atom is 0.241 e. The van der Waals surface area contributed by atoms with E-state index in [9.17, 15) is 4.79 Å². The van der Waals surface area contributed by atoms with Gasteiger partial charge in [0.1, 0.15) is 18.2 Å². The van der Waals surface area contributed by atoms with Crippen LogP contribution in [0.3, 0.4) is 0 Å². The lowest BCUT2D eigenvalue weighted by Gasteiger charge is -2.15. The van der Waals surface area contributed by atoms with E-state index in [1.165, 1.54) is 0 Å². The van der Waals surface area contributed by atoms with Gasteiger partial charge in [-0.05, 0) is 13.8 Å². The minimum Gasteiger partial charge on any atom is -0.384 e. The Morgan fingerprint density at radius 3 is 2.84 bits per heavy atom. The molecule has 0 bridgehead atoms. The zero-order chi connectivity index (χ0) is 14.3. The smallest absolute Gasteiger partial charge is 0.241 e. The second-order valence-corrected chi connectivity index (χ2v) is 3.99. The van der Waals surface area contributed by atoms with Gasteiger partial charge in [0, 0.05) is 26.3 Å². The highest BCUT2D eigenvalue weighted by atomic mass is 16.5. The fraction of sp³-hybridized carbons (Fsp3) is 0.583. The normalized spacial score (nSPS) is 10.3. The summed E-state index contributed by atoms with van der Waals surface area (Å²) in [5.41, 5.74) is 5.68. The van der Waals surface area contributed by atoms with Crippen LogP contribution in [0.4, 0.5) is 11.6 Å². The molecule has 7 heteroatoms. The molecular formula is C12H21N5O2. The summed E-state index contributed by atoms with van der Waals surface area (Å²) >= 11 is 0. The van der Waals surface area contributed by atoms with Gasteiger partial charge in [-0.15, -0.1) is 0 Å². The lowest BCUT2D eigenvalue weighted by molar-refractivity contribution is -0.127. The second-order valence-electron chi connectivity index (χ2n) is 3.99. The molecule has 0 aromatic carbocycles. The van der Waals surface area contributed by atoms with Crippen LogP contribution in [0.2, 0.25) is 0 Å². The first-order valence-electron chi connectivity index (χ1n) is 6.25. The third-order valence-electron chi connectivity index (χ3n) is 2.55. The zero-order valence-corrected chi connectivity index (χ0v) is 11.6. The molecule has 1 aromatic heterocycles. The molecule has 0 spiro atoms. The molecule has 7 nitrogen and oxygen atoms in total. The monoisotopic (exact) mass is 267 g/mol. The van der Waals surface area contributed by atoms with Crippen molar-refractivity contribution in [2.24, 2.45) is 0 Å². The first-order valence-corrected chi connectivity index (χ1v) is 6.25. The van der Waals surface area contributed by atoms with Gasteiger partial charge >= 0.3 is 0 Å². The third kappa shape index (κ3) is 5.09. The summed E-state index contributed by atoms with van der Waals surface area (Å²) in [5.74, 6) is 1.37. The number of aromatic nitrogens is 2. The van der Waals surface area contributed by atoms with E-state index >= 15 is 0 Å². The van der Waals surface area contributed by atoms with Crippen molar-refractivity contribution in [2.75, 3.05) is 37.8 Å². The maximum absolute atomic E-state index is 11.7. The van der Waals surface area contributed by atoms with Crippen molar-refractivity contribution < 1.29 is 9.53 Å². The number of amides is 1. The lowest BCUT2D eigenvalue weighted by Crippen LogP contribution is -2.32. The van der Waals surface area contributed by atoms with Crippen LogP contribution in [-0.4, -0.2) is 47.5 Å². The molecule has 0 atom stereocenters. The largest absolute Gasteiger partial charge is 0.384 e. The van der Waals surface area contributed by atoms with Crippen LogP contribution in [0.1, 0.15) is 19.7 Å². The summed E-state index contributed by atoms with van der Waals surface area (Å²) in [5, 5.41) is 2.94. The van der Waals surface area contributed by atoms with Gasteiger partial charge in [-0.2, -0.15) is 0 Å². The van der Waals surface area contributed by atoms with E-state index in [4.69, 9.17) is 10.5 Å². The predicted octanol–water partition coefficient (Wildman–Crippen LogP) is 0.486. The quantitative estimate of drug-likeness (QED) is 0.746. The Kier molecular flexibility index (Phi) is 6.01.